The van der Waals surface area contributed by atoms with Gasteiger partial charge in [-0.2, -0.15) is 17.7 Å². The predicted octanol–water partition coefficient (Wildman–Crippen LogP) is 3.48. The molecule has 0 radical (unpaired) electrons. The van der Waals surface area contributed by atoms with E-state index < -0.39 is 0 Å². The fourth-order valence-electron chi connectivity index (χ4n) is 1.37. The predicted molar refractivity (Wildman–Crippen MR) is 70.7 cm³/mol. The zero-order valence-electron chi connectivity index (χ0n) is 10.5. The molecule has 2 N–H and O–H groups in total. The van der Waals surface area contributed by atoms with Crippen molar-refractivity contribution in [1.29, 1.82) is 0 Å². The molecule has 1 nitrogen and oxygen atoms in total. The first-order valence-corrected chi connectivity index (χ1v) is 5.74. The standard InChI is InChI=1S/C10H16N.C5H5.Fe/c1-10(2,11)8-7-9-5-3-4-6-9;1-2-4-5-3-1;/h3-6H,7-8,11H2,1-2H3;1-5H;/q-1;-5;. The molecule has 0 aliphatic carbocycles. The molecule has 0 heterocycles. The van der Waals surface area contributed by atoms with Crippen molar-refractivity contribution in [3.63, 3.8) is 0 Å². The fourth-order valence-corrected chi connectivity index (χ4v) is 1.37. The van der Waals surface area contributed by atoms with E-state index in [0.29, 0.717) is 0 Å². The topological polar surface area (TPSA) is 26.0 Å². The Labute approximate surface area is 115 Å². The van der Waals surface area contributed by atoms with E-state index in [2.05, 4.69) is 38.1 Å². The van der Waals surface area contributed by atoms with Crippen molar-refractivity contribution < 1.29 is 17.1 Å². The van der Waals surface area contributed by atoms with Crippen molar-refractivity contribution in [1.82, 2.24) is 0 Å². The Morgan fingerprint density at radius 1 is 1.00 bits per heavy atom. The van der Waals surface area contributed by atoms with Crippen molar-refractivity contribution >= 4 is 0 Å². The molecule has 0 saturated heterocycles. The van der Waals surface area contributed by atoms with E-state index in [1.165, 1.54) is 5.56 Å². The van der Waals surface area contributed by atoms with Crippen LogP contribution in [0.15, 0.2) is 54.6 Å². The SMILES string of the molecule is CC(C)(N)CC[c-]1cccc1.[Fe].[cH-]1[cH-][cH-][cH-][cH-]1. The smallest absolute Gasteiger partial charge is 0.00905 e. The molecule has 0 aliphatic rings. The van der Waals surface area contributed by atoms with E-state index in [0.717, 1.165) is 12.8 Å². The third kappa shape index (κ3) is 8.93. The van der Waals surface area contributed by atoms with Crippen molar-refractivity contribution in [2.75, 3.05) is 0 Å². The summed E-state index contributed by atoms with van der Waals surface area (Å²) in [6, 6.07) is 18.4. The van der Waals surface area contributed by atoms with E-state index in [9.17, 15) is 0 Å². The van der Waals surface area contributed by atoms with Crippen LogP contribution in [0.3, 0.4) is 0 Å². The monoisotopic (exact) mass is 271 g/mol. The van der Waals surface area contributed by atoms with Gasteiger partial charge in [0.05, 0.1) is 0 Å². The van der Waals surface area contributed by atoms with E-state index >= 15 is 0 Å². The van der Waals surface area contributed by atoms with Gasteiger partial charge in [0, 0.05) is 22.6 Å². The van der Waals surface area contributed by atoms with Crippen LogP contribution in [0.2, 0.25) is 0 Å². The zero-order valence-corrected chi connectivity index (χ0v) is 11.6. The molecule has 0 aliphatic heterocycles. The molecule has 0 fully saturated rings. The van der Waals surface area contributed by atoms with Crippen molar-refractivity contribution in [2.45, 2.75) is 32.2 Å². The molecule has 2 rings (SSSR count). The Kier molecular flexibility index (Phi) is 7.90. The maximum absolute atomic E-state index is 5.85. The molecular weight excluding hydrogens is 250 g/mol. The summed E-state index contributed by atoms with van der Waals surface area (Å²) >= 11 is 0. The number of rotatable bonds is 3. The molecule has 0 atom stereocenters. The van der Waals surface area contributed by atoms with Gasteiger partial charge in [0.1, 0.15) is 0 Å². The molecule has 0 spiro atoms. The second-order valence-electron chi connectivity index (χ2n) is 4.74. The molecule has 0 amide bonds. The summed E-state index contributed by atoms with van der Waals surface area (Å²) in [6.45, 7) is 4.13. The molecule has 2 aromatic rings. The molecule has 2 heteroatoms. The minimum Gasteiger partial charge on any atom is -0.748 e. The maximum atomic E-state index is 5.85. The minimum absolute atomic E-state index is 0. The van der Waals surface area contributed by atoms with Gasteiger partial charge in [0.15, 0.2) is 0 Å². The van der Waals surface area contributed by atoms with E-state index in [4.69, 9.17) is 5.73 Å². The summed E-state index contributed by atoms with van der Waals surface area (Å²) in [4.78, 5) is 0. The van der Waals surface area contributed by atoms with Gasteiger partial charge < -0.3 is 36.1 Å². The minimum atomic E-state index is -0.0305. The molecular formula is C15H21FeN-6. The summed E-state index contributed by atoms with van der Waals surface area (Å²) in [5.41, 5.74) is 7.21. The number of nitrogens with two attached hydrogens (primary N) is 1. The third-order valence-corrected chi connectivity index (χ3v) is 2.35. The van der Waals surface area contributed by atoms with Crippen molar-refractivity contribution in [2.24, 2.45) is 5.73 Å². The van der Waals surface area contributed by atoms with Crippen LogP contribution in [0, 0.1) is 0 Å². The quantitative estimate of drug-likeness (QED) is 0.671. The van der Waals surface area contributed by atoms with Gasteiger partial charge in [-0.1, -0.05) is 6.42 Å². The molecule has 0 saturated carbocycles. The summed E-state index contributed by atoms with van der Waals surface area (Å²) in [5.74, 6) is 0. The third-order valence-electron chi connectivity index (χ3n) is 2.35. The average Bonchev–Trinajstić information content (AvgIpc) is 2.90. The largest absolute Gasteiger partial charge is 0.748 e. The summed E-state index contributed by atoms with van der Waals surface area (Å²) in [5, 5.41) is 0. The van der Waals surface area contributed by atoms with Gasteiger partial charge in [-0.3, -0.25) is 0 Å². The van der Waals surface area contributed by atoms with Crippen LogP contribution in [0.25, 0.3) is 0 Å². The molecule has 17 heavy (non-hydrogen) atoms. The molecule has 2 aromatic carbocycles. The first-order valence-electron chi connectivity index (χ1n) is 5.74. The normalized spacial score (nSPS) is 10.1. The summed E-state index contributed by atoms with van der Waals surface area (Å²) < 4.78 is 0. The Hall–Kier alpha value is -0.821. The van der Waals surface area contributed by atoms with Gasteiger partial charge in [0.25, 0.3) is 0 Å². The molecule has 0 aromatic heterocycles. The van der Waals surface area contributed by atoms with Gasteiger partial charge >= 0.3 is 0 Å². The van der Waals surface area contributed by atoms with Gasteiger partial charge in [-0.25, -0.2) is 12.1 Å². The fraction of sp³-hybridized carbons (Fsp3) is 0.333. The van der Waals surface area contributed by atoms with Crippen LogP contribution >= 0.6 is 0 Å². The zero-order chi connectivity index (χ0) is 11.9. The second-order valence-corrected chi connectivity index (χ2v) is 4.74. The van der Waals surface area contributed by atoms with E-state index in [-0.39, 0.29) is 22.6 Å². The van der Waals surface area contributed by atoms with E-state index in [1.54, 1.807) is 0 Å². The van der Waals surface area contributed by atoms with Gasteiger partial charge in [0.2, 0.25) is 0 Å². The number of hydrogen-bond donors (Lipinski definition) is 1. The van der Waals surface area contributed by atoms with Crippen LogP contribution in [0.1, 0.15) is 25.8 Å². The summed E-state index contributed by atoms with van der Waals surface area (Å²) in [6.07, 6.45) is 2.15. The first-order chi connectivity index (χ1) is 7.58. The van der Waals surface area contributed by atoms with Crippen LogP contribution in [0.4, 0.5) is 0 Å². The maximum Gasteiger partial charge on any atom is 0.00905 e. The molecule has 0 bridgehead atoms. The van der Waals surface area contributed by atoms with E-state index in [1.807, 2.05) is 30.3 Å². The van der Waals surface area contributed by atoms with Gasteiger partial charge in [-0.15, -0.1) is 0 Å². The van der Waals surface area contributed by atoms with Crippen LogP contribution in [0.5, 0.6) is 0 Å². The van der Waals surface area contributed by atoms with Crippen LogP contribution in [-0.2, 0) is 23.5 Å². The van der Waals surface area contributed by atoms with Crippen LogP contribution in [-0.4, -0.2) is 5.54 Å². The number of aryl methyl sites for hydroxylation is 1. The Morgan fingerprint density at radius 3 is 1.76 bits per heavy atom. The Balaban J connectivity index is 0.000000360. The van der Waals surface area contributed by atoms with Gasteiger partial charge in [-0.05, 0) is 20.3 Å². The second kappa shape index (κ2) is 8.30. The first kappa shape index (κ1) is 16.2. The molecule has 0 unspecified atom stereocenters. The van der Waals surface area contributed by atoms with Crippen molar-refractivity contribution in [3.8, 4) is 0 Å². The van der Waals surface area contributed by atoms with Crippen molar-refractivity contribution in [3.05, 3.63) is 60.2 Å². The average molecular weight is 271 g/mol. The molecule has 100 valence electrons. The Bertz CT molecular complexity index is 323. The Morgan fingerprint density at radius 2 is 1.41 bits per heavy atom. The summed E-state index contributed by atoms with van der Waals surface area (Å²) in [7, 11) is 0. The van der Waals surface area contributed by atoms with Crippen LogP contribution < -0.4 is 5.73 Å². The number of hydrogen-bond acceptors (Lipinski definition) is 1.